The van der Waals surface area contributed by atoms with Gasteiger partial charge in [-0.3, -0.25) is 10.1 Å². The maximum absolute atomic E-state index is 10.8. The normalized spacial score (nSPS) is 10.7. The standard InChI is InChI=1S/C15H13N3O3S2/c1-21-13-7-9(18(19)20)3-5-11(13)16-15-17-12-6-4-10(22-2)8-14(12)23-15/h3-8H,1-2H3,(H,16,17). The molecular weight excluding hydrogens is 334 g/mol. The lowest BCUT2D eigenvalue weighted by Gasteiger charge is -2.08. The van der Waals surface area contributed by atoms with Gasteiger partial charge >= 0.3 is 0 Å². The lowest BCUT2D eigenvalue weighted by Crippen LogP contribution is -1.96. The number of ether oxygens (including phenoxy) is 1. The smallest absolute Gasteiger partial charge is 0.273 e. The van der Waals surface area contributed by atoms with Gasteiger partial charge in [-0.2, -0.15) is 0 Å². The van der Waals surface area contributed by atoms with Crippen molar-refractivity contribution in [2.45, 2.75) is 4.90 Å². The van der Waals surface area contributed by atoms with Gasteiger partial charge in [-0.25, -0.2) is 4.98 Å². The molecule has 3 aromatic rings. The number of methoxy groups -OCH3 is 1. The minimum absolute atomic E-state index is 0.0127. The van der Waals surface area contributed by atoms with Gasteiger partial charge in [0.1, 0.15) is 5.75 Å². The highest BCUT2D eigenvalue weighted by Gasteiger charge is 2.13. The zero-order valence-electron chi connectivity index (χ0n) is 12.4. The molecule has 1 heterocycles. The molecule has 6 nitrogen and oxygen atoms in total. The third-order valence-electron chi connectivity index (χ3n) is 3.23. The van der Waals surface area contributed by atoms with Crippen LogP contribution in [0.4, 0.5) is 16.5 Å². The summed E-state index contributed by atoms with van der Waals surface area (Å²) < 4.78 is 6.31. The van der Waals surface area contributed by atoms with Crippen LogP contribution in [0.3, 0.4) is 0 Å². The van der Waals surface area contributed by atoms with Crippen molar-refractivity contribution in [1.82, 2.24) is 4.98 Å². The van der Waals surface area contributed by atoms with Crippen LogP contribution in [-0.2, 0) is 0 Å². The van der Waals surface area contributed by atoms with E-state index in [4.69, 9.17) is 4.74 Å². The van der Waals surface area contributed by atoms with Crippen molar-refractivity contribution < 1.29 is 9.66 Å². The van der Waals surface area contributed by atoms with Gasteiger partial charge in [0.25, 0.3) is 5.69 Å². The molecule has 0 saturated heterocycles. The Balaban J connectivity index is 1.93. The Hall–Kier alpha value is -2.32. The largest absolute Gasteiger partial charge is 0.494 e. The Morgan fingerprint density at radius 1 is 1.30 bits per heavy atom. The van der Waals surface area contributed by atoms with Gasteiger partial charge in [0.2, 0.25) is 0 Å². The van der Waals surface area contributed by atoms with Crippen LogP contribution in [0, 0.1) is 10.1 Å². The van der Waals surface area contributed by atoms with Crippen LogP contribution < -0.4 is 10.1 Å². The highest BCUT2D eigenvalue weighted by Crippen LogP contribution is 2.35. The molecule has 0 radical (unpaired) electrons. The molecule has 0 aliphatic rings. The Morgan fingerprint density at radius 2 is 2.13 bits per heavy atom. The highest BCUT2D eigenvalue weighted by molar-refractivity contribution is 7.98. The summed E-state index contributed by atoms with van der Waals surface area (Å²) in [6.45, 7) is 0. The van der Waals surface area contributed by atoms with E-state index in [1.807, 2.05) is 18.4 Å². The van der Waals surface area contributed by atoms with Crippen molar-refractivity contribution in [2.24, 2.45) is 0 Å². The number of rotatable bonds is 5. The van der Waals surface area contributed by atoms with Crippen LogP contribution in [0.2, 0.25) is 0 Å². The fourth-order valence-corrected chi connectivity index (χ4v) is 3.53. The molecule has 0 bridgehead atoms. The van der Waals surface area contributed by atoms with E-state index in [0.29, 0.717) is 16.6 Å². The van der Waals surface area contributed by atoms with Crippen molar-refractivity contribution in [2.75, 3.05) is 18.7 Å². The molecule has 0 saturated carbocycles. The van der Waals surface area contributed by atoms with E-state index in [2.05, 4.69) is 16.4 Å². The van der Waals surface area contributed by atoms with E-state index in [9.17, 15) is 10.1 Å². The molecule has 3 rings (SSSR count). The minimum Gasteiger partial charge on any atom is -0.494 e. The number of nitro groups is 1. The van der Waals surface area contributed by atoms with Gasteiger partial charge < -0.3 is 10.1 Å². The number of fused-ring (bicyclic) bond motifs is 1. The molecule has 0 spiro atoms. The van der Waals surface area contributed by atoms with Crippen molar-refractivity contribution in [3.05, 3.63) is 46.5 Å². The van der Waals surface area contributed by atoms with Gasteiger partial charge in [0, 0.05) is 11.0 Å². The quantitative estimate of drug-likeness (QED) is 0.410. The number of nitro benzene ring substituents is 1. The monoisotopic (exact) mass is 347 g/mol. The molecule has 118 valence electrons. The third kappa shape index (κ3) is 3.22. The number of benzene rings is 2. The van der Waals surface area contributed by atoms with E-state index in [0.717, 1.165) is 10.2 Å². The van der Waals surface area contributed by atoms with Crippen LogP contribution in [-0.4, -0.2) is 23.3 Å². The zero-order valence-corrected chi connectivity index (χ0v) is 14.0. The Kier molecular flexibility index (Phi) is 4.35. The SMILES string of the molecule is COc1cc([N+](=O)[O-])ccc1Nc1nc2ccc(SC)cc2s1. The molecule has 8 heteroatoms. The Morgan fingerprint density at radius 3 is 2.83 bits per heavy atom. The van der Waals surface area contributed by atoms with Gasteiger partial charge in [0.05, 0.1) is 34.0 Å². The predicted octanol–water partition coefficient (Wildman–Crippen LogP) is 4.68. The second-order valence-electron chi connectivity index (χ2n) is 4.62. The molecule has 0 unspecified atom stereocenters. The number of thiazole rings is 1. The molecular formula is C15H13N3O3S2. The summed E-state index contributed by atoms with van der Waals surface area (Å²) in [7, 11) is 1.48. The summed E-state index contributed by atoms with van der Waals surface area (Å²) in [4.78, 5) is 16.1. The molecule has 1 aromatic heterocycles. The third-order valence-corrected chi connectivity index (χ3v) is 4.89. The number of nitrogens with one attached hydrogen (secondary N) is 1. The van der Waals surface area contributed by atoms with Gasteiger partial charge in [0.15, 0.2) is 5.13 Å². The molecule has 0 atom stereocenters. The Bertz CT molecular complexity index is 880. The average molecular weight is 347 g/mol. The fraction of sp³-hybridized carbons (Fsp3) is 0.133. The van der Waals surface area contributed by atoms with Crippen molar-refractivity contribution in [3.63, 3.8) is 0 Å². The predicted molar refractivity (Wildman–Crippen MR) is 94.3 cm³/mol. The lowest BCUT2D eigenvalue weighted by molar-refractivity contribution is -0.384. The molecule has 0 amide bonds. The van der Waals surface area contributed by atoms with Gasteiger partial charge in [-0.05, 0) is 30.5 Å². The van der Waals surface area contributed by atoms with Crippen LogP contribution in [0.25, 0.3) is 10.2 Å². The lowest BCUT2D eigenvalue weighted by atomic mass is 10.2. The first kappa shape index (κ1) is 15.6. The van der Waals surface area contributed by atoms with E-state index < -0.39 is 4.92 Å². The van der Waals surface area contributed by atoms with Crippen molar-refractivity contribution in [3.8, 4) is 5.75 Å². The summed E-state index contributed by atoms with van der Waals surface area (Å²) in [6, 6.07) is 10.6. The molecule has 23 heavy (non-hydrogen) atoms. The van der Waals surface area contributed by atoms with E-state index in [1.54, 1.807) is 17.8 Å². The fourth-order valence-electron chi connectivity index (χ4n) is 2.10. The van der Waals surface area contributed by atoms with Gasteiger partial charge in [-0.15, -0.1) is 11.8 Å². The van der Waals surface area contributed by atoms with E-state index >= 15 is 0 Å². The Labute approximate surface area is 140 Å². The summed E-state index contributed by atoms with van der Waals surface area (Å²) in [6.07, 6.45) is 2.03. The van der Waals surface area contributed by atoms with Crippen LogP contribution >= 0.6 is 23.1 Å². The number of nitrogens with zero attached hydrogens (tertiary/aromatic N) is 2. The average Bonchev–Trinajstić information content (AvgIpc) is 2.96. The topological polar surface area (TPSA) is 77.3 Å². The summed E-state index contributed by atoms with van der Waals surface area (Å²) in [5.41, 5.74) is 1.54. The van der Waals surface area contributed by atoms with Crippen LogP contribution in [0.15, 0.2) is 41.3 Å². The molecule has 0 fully saturated rings. The number of aromatic nitrogens is 1. The zero-order chi connectivity index (χ0) is 16.4. The number of non-ortho nitro benzene ring substituents is 1. The highest BCUT2D eigenvalue weighted by atomic mass is 32.2. The molecule has 0 aliphatic heterocycles. The molecule has 1 N–H and O–H groups in total. The second kappa shape index (κ2) is 6.43. The number of hydrogen-bond donors (Lipinski definition) is 1. The van der Waals surface area contributed by atoms with Crippen LogP contribution in [0.1, 0.15) is 0 Å². The van der Waals surface area contributed by atoms with E-state index in [1.165, 1.54) is 35.5 Å². The summed E-state index contributed by atoms with van der Waals surface area (Å²) >= 11 is 3.21. The number of anilines is 2. The first-order chi connectivity index (χ1) is 11.1. The van der Waals surface area contributed by atoms with Crippen molar-refractivity contribution >= 4 is 49.8 Å². The van der Waals surface area contributed by atoms with Gasteiger partial charge in [-0.1, -0.05) is 11.3 Å². The van der Waals surface area contributed by atoms with E-state index in [-0.39, 0.29) is 5.69 Å². The first-order valence-corrected chi connectivity index (χ1v) is 8.69. The van der Waals surface area contributed by atoms with Crippen molar-refractivity contribution in [1.29, 1.82) is 0 Å². The minimum atomic E-state index is -0.450. The summed E-state index contributed by atoms with van der Waals surface area (Å²) in [5.74, 6) is 0.406. The molecule has 2 aromatic carbocycles. The van der Waals surface area contributed by atoms with Crippen LogP contribution in [0.5, 0.6) is 5.75 Å². The number of hydrogen-bond acceptors (Lipinski definition) is 7. The summed E-state index contributed by atoms with van der Waals surface area (Å²) in [5, 5.41) is 14.7. The maximum Gasteiger partial charge on any atom is 0.273 e. The first-order valence-electron chi connectivity index (χ1n) is 6.65. The number of thioether (sulfide) groups is 1. The second-order valence-corrected chi connectivity index (χ2v) is 6.53. The molecule has 0 aliphatic carbocycles. The maximum atomic E-state index is 10.8.